The topological polar surface area (TPSA) is 72.9 Å². The van der Waals surface area contributed by atoms with Gasteiger partial charge in [-0.25, -0.2) is 4.98 Å². The first-order chi connectivity index (χ1) is 11.7. The molecule has 0 unspecified atom stereocenters. The third-order valence-corrected chi connectivity index (χ3v) is 4.66. The molecule has 1 aliphatic rings. The molecule has 1 amide bonds. The average molecular weight is 357 g/mol. The van der Waals surface area contributed by atoms with Crippen molar-refractivity contribution in [1.82, 2.24) is 9.55 Å². The van der Waals surface area contributed by atoms with Gasteiger partial charge in [-0.05, 0) is 43.2 Å². The van der Waals surface area contributed by atoms with Crippen LogP contribution in [0.25, 0.3) is 11.0 Å². The molecular weight excluding hydrogens is 336 g/mol. The molecule has 0 spiro atoms. The maximum Gasteiger partial charge on any atom is 0.258 e. The number of aromatic nitrogens is 2. The van der Waals surface area contributed by atoms with E-state index in [2.05, 4.69) is 20.9 Å². The highest BCUT2D eigenvalue weighted by molar-refractivity contribution is 6.04. The largest absolute Gasteiger partial charge is 0.399 e. The van der Waals surface area contributed by atoms with Crippen LogP contribution in [0.2, 0.25) is 0 Å². The van der Waals surface area contributed by atoms with E-state index in [4.69, 9.17) is 5.73 Å². The van der Waals surface area contributed by atoms with Crippen molar-refractivity contribution in [2.45, 2.75) is 31.7 Å². The molecule has 1 saturated carbocycles. The number of hydrogen-bond donors (Lipinski definition) is 2. The lowest BCUT2D eigenvalue weighted by Crippen LogP contribution is -2.17. The molecule has 0 atom stereocenters. The number of carbonyl (C=O) groups excluding carboxylic acids is 1. The van der Waals surface area contributed by atoms with Crippen LogP contribution in [0.5, 0.6) is 0 Å². The predicted molar refractivity (Wildman–Crippen MR) is 103 cm³/mol. The molecule has 25 heavy (non-hydrogen) atoms. The predicted octanol–water partition coefficient (Wildman–Crippen LogP) is 4.41. The number of anilines is 2. The fraction of sp³-hybridized carbons (Fsp3) is 0.263. The second kappa shape index (κ2) is 7.15. The van der Waals surface area contributed by atoms with Crippen LogP contribution in [0.15, 0.2) is 48.5 Å². The van der Waals surface area contributed by atoms with Gasteiger partial charge in [-0.15, -0.1) is 12.4 Å². The monoisotopic (exact) mass is 356 g/mol. The van der Waals surface area contributed by atoms with E-state index >= 15 is 0 Å². The van der Waals surface area contributed by atoms with E-state index in [1.54, 1.807) is 24.3 Å². The van der Waals surface area contributed by atoms with E-state index in [1.807, 2.05) is 18.2 Å². The Morgan fingerprint density at radius 3 is 2.64 bits per heavy atom. The number of carbonyl (C=O) groups is 1. The number of rotatable bonds is 3. The molecule has 6 heteroatoms. The first-order valence-corrected chi connectivity index (χ1v) is 8.36. The van der Waals surface area contributed by atoms with Crippen LogP contribution < -0.4 is 11.1 Å². The van der Waals surface area contributed by atoms with Gasteiger partial charge in [0, 0.05) is 17.3 Å². The number of hydrogen-bond acceptors (Lipinski definition) is 3. The molecule has 0 saturated heterocycles. The van der Waals surface area contributed by atoms with Gasteiger partial charge in [0.25, 0.3) is 5.91 Å². The highest BCUT2D eigenvalue weighted by atomic mass is 35.5. The van der Waals surface area contributed by atoms with E-state index in [-0.39, 0.29) is 18.3 Å². The zero-order valence-corrected chi connectivity index (χ0v) is 14.6. The second-order valence-corrected chi connectivity index (χ2v) is 6.31. The van der Waals surface area contributed by atoms with Crippen LogP contribution in [0.3, 0.4) is 0 Å². The van der Waals surface area contributed by atoms with E-state index in [1.165, 1.54) is 12.8 Å². The minimum Gasteiger partial charge on any atom is -0.399 e. The molecule has 0 radical (unpaired) electrons. The molecule has 4 rings (SSSR count). The van der Waals surface area contributed by atoms with Crippen molar-refractivity contribution < 1.29 is 4.79 Å². The van der Waals surface area contributed by atoms with E-state index in [0.29, 0.717) is 23.2 Å². The van der Waals surface area contributed by atoms with Gasteiger partial charge in [-0.2, -0.15) is 0 Å². The number of para-hydroxylation sites is 2. The summed E-state index contributed by atoms with van der Waals surface area (Å²) in [6.45, 7) is 0. The molecule has 3 aromatic rings. The van der Waals surface area contributed by atoms with Crippen molar-refractivity contribution in [2.75, 3.05) is 11.1 Å². The van der Waals surface area contributed by atoms with Crippen molar-refractivity contribution in [3.63, 3.8) is 0 Å². The summed E-state index contributed by atoms with van der Waals surface area (Å²) in [5.41, 5.74) is 8.88. The maximum absolute atomic E-state index is 12.6. The van der Waals surface area contributed by atoms with Crippen molar-refractivity contribution in [2.24, 2.45) is 0 Å². The molecule has 0 aliphatic heterocycles. The summed E-state index contributed by atoms with van der Waals surface area (Å²) >= 11 is 0. The summed E-state index contributed by atoms with van der Waals surface area (Å²) in [6.07, 6.45) is 4.70. The molecule has 1 aromatic heterocycles. The summed E-state index contributed by atoms with van der Waals surface area (Å²) in [5, 5.41) is 2.98. The lowest BCUT2D eigenvalue weighted by molar-refractivity contribution is 0.102. The zero-order valence-electron chi connectivity index (χ0n) is 13.8. The molecule has 5 nitrogen and oxygen atoms in total. The van der Waals surface area contributed by atoms with Crippen LogP contribution in [-0.2, 0) is 0 Å². The normalized spacial score (nSPS) is 14.4. The third-order valence-electron chi connectivity index (χ3n) is 4.66. The summed E-state index contributed by atoms with van der Waals surface area (Å²) in [6, 6.07) is 15.4. The lowest BCUT2D eigenvalue weighted by atomic mass is 10.2. The zero-order chi connectivity index (χ0) is 16.5. The fourth-order valence-electron chi connectivity index (χ4n) is 3.52. The van der Waals surface area contributed by atoms with E-state index in [9.17, 15) is 4.79 Å². The van der Waals surface area contributed by atoms with Crippen molar-refractivity contribution in [3.05, 3.63) is 54.1 Å². The van der Waals surface area contributed by atoms with Crippen LogP contribution in [-0.4, -0.2) is 15.5 Å². The number of nitrogens with zero attached hydrogens (tertiary/aromatic N) is 2. The van der Waals surface area contributed by atoms with Gasteiger partial charge < -0.3 is 10.3 Å². The quantitative estimate of drug-likeness (QED) is 0.683. The van der Waals surface area contributed by atoms with Crippen molar-refractivity contribution in [3.8, 4) is 0 Å². The molecule has 2 aromatic carbocycles. The van der Waals surface area contributed by atoms with Gasteiger partial charge in [0.15, 0.2) is 0 Å². The lowest BCUT2D eigenvalue weighted by Gasteiger charge is -2.16. The Kier molecular flexibility index (Phi) is 4.95. The molecule has 1 aliphatic carbocycles. The summed E-state index contributed by atoms with van der Waals surface area (Å²) < 4.78 is 2.19. The minimum atomic E-state index is -0.183. The number of imidazole rings is 1. The summed E-state index contributed by atoms with van der Waals surface area (Å²) in [5.74, 6) is 0.437. The number of nitrogen functional groups attached to an aromatic ring is 1. The van der Waals surface area contributed by atoms with Crippen LogP contribution in [0.1, 0.15) is 42.1 Å². The van der Waals surface area contributed by atoms with E-state index < -0.39 is 0 Å². The second-order valence-electron chi connectivity index (χ2n) is 6.31. The van der Waals surface area contributed by atoms with Gasteiger partial charge in [0.1, 0.15) is 0 Å². The van der Waals surface area contributed by atoms with Crippen LogP contribution >= 0.6 is 12.4 Å². The van der Waals surface area contributed by atoms with Gasteiger partial charge in [0.05, 0.1) is 11.0 Å². The average Bonchev–Trinajstić information content (AvgIpc) is 3.21. The number of benzene rings is 2. The number of nitrogens with one attached hydrogen (secondary N) is 1. The van der Waals surface area contributed by atoms with Crippen LogP contribution in [0.4, 0.5) is 11.6 Å². The molecular formula is C19H21ClN4O. The smallest absolute Gasteiger partial charge is 0.258 e. The van der Waals surface area contributed by atoms with Gasteiger partial charge in [0.2, 0.25) is 5.95 Å². The Balaban J connectivity index is 0.00000182. The minimum absolute atomic E-state index is 0. The molecule has 130 valence electrons. The SMILES string of the molecule is Cl.Nc1cccc(C(=O)Nc2nc3ccccc3n2C2CCCC2)c1. The van der Waals surface area contributed by atoms with Crippen molar-refractivity contribution in [1.29, 1.82) is 0 Å². The van der Waals surface area contributed by atoms with Gasteiger partial charge >= 0.3 is 0 Å². The number of amides is 1. The Labute approximate surface area is 152 Å². The Morgan fingerprint density at radius 2 is 1.88 bits per heavy atom. The van der Waals surface area contributed by atoms with Crippen LogP contribution in [0, 0.1) is 0 Å². The first-order valence-electron chi connectivity index (χ1n) is 8.36. The molecule has 1 fully saturated rings. The molecule has 1 heterocycles. The molecule has 3 N–H and O–H groups in total. The maximum atomic E-state index is 12.6. The van der Waals surface area contributed by atoms with Gasteiger partial charge in [-0.3, -0.25) is 10.1 Å². The van der Waals surface area contributed by atoms with Crippen molar-refractivity contribution >= 4 is 41.0 Å². The first kappa shape index (κ1) is 17.3. The number of fused-ring (bicyclic) bond motifs is 1. The Hall–Kier alpha value is -2.53. The Bertz CT molecular complexity index is 899. The third kappa shape index (κ3) is 3.33. The van der Waals surface area contributed by atoms with E-state index in [0.717, 1.165) is 23.9 Å². The standard InChI is InChI=1S/C19H20N4O.ClH/c20-14-7-5-6-13(12-14)18(24)22-19-21-16-10-3-4-11-17(16)23(19)15-8-1-2-9-15;/h3-7,10-12,15H,1-2,8-9,20H2,(H,21,22,24);1H. The highest BCUT2D eigenvalue weighted by Gasteiger charge is 2.23. The molecule has 0 bridgehead atoms. The fourth-order valence-corrected chi connectivity index (χ4v) is 3.52. The highest BCUT2D eigenvalue weighted by Crippen LogP contribution is 2.35. The van der Waals surface area contributed by atoms with Gasteiger partial charge in [-0.1, -0.05) is 31.0 Å². The Morgan fingerprint density at radius 1 is 1.12 bits per heavy atom. The summed E-state index contributed by atoms with van der Waals surface area (Å²) in [7, 11) is 0. The number of nitrogens with two attached hydrogens (primary N) is 1. The summed E-state index contributed by atoms with van der Waals surface area (Å²) in [4.78, 5) is 17.2. The number of halogens is 1.